The number of carboxylic acid groups (broad SMARTS) is 1. The third-order valence-corrected chi connectivity index (χ3v) is 4.97. The van der Waals surface area contributed by atoms with Crippen LogP contribution in [-0.4, -0.2) is 101 Å². The van der Waals surface area contributed by atoms with Gasteiger partial charge in [0.15, 0.2) is 18.7 Å². The Morgan fingerprint density at radius 1 is 1.11 bits per heavy atom. The zero-order valence-electron chi connectivity index (χ0n) is 15.8. The third kappa shape index (κ3) is 4.60. The van der Waals surface area contributed by atoms with Crippen LogP contribution in [0.5, 0.6) is 0 Å². The SMILES string of the molecule is COC1OC(CN)C(O)C(OC2OC(C(=O)O)C(C)C(O)C2O)C1NC(C)=O. The second-order valence-electron chi connectivity index (χ2n) is 6.94. The number of hydrogen-bond acceptors (Lipinski definition) is 10. The molecule has 0 bridgehead atoms. The summed E-state index contributed by atoms with van der Waals surface area (Å²) in [6, 6.07) is -1.02. The highest BCUT2D eigenvalue weighted by molar-refractivity contribution is 5.73. The Morgan fingerprint density at radius 2 is 1.75 bits per heavy atom. The number of aliphatic hydroxyl groups is 3. The van der Waals surface area contributed by atoms with Crippen LogP contribution in [0.3, 0.4) is 0 Å². The first-order valence-electron chi connectivity index (χ1n) is 8.85. The fraction of sp³-hybridized carbons (Fsp3) is 0.875. The van der Waals surface area contributed by atoms with Crippen molar-refractivity contribution >= 4 is 11.9 Å². The standard InChI is InChI=1S/C16H28N2O10/c1-5-9(20)11(22)16(27-12(5)14(23)24)28-13-8(18-6(2)19)15(25-3)26-7(4-17)10(13)21/h5,7-13,15-16,20-22H,4,17H2,1-3H3,(H,18,19)(H,23,24). The number of aliphatic carboxylic acids is 1. The van der Waals surface area contributed by atoms with Gasteiger partial charge in [0.2, 0.25) is 5.91 Å². The van der Waals surface area contributed by atoms with Gasteiger partial charge in [0, 0.05) is 26.5 Å². The van der Waals surface area contributed by atoms with Crippen LogP contribution in [0.1, 0.15) is 13.8 Å². The van der Waals surface area contributed by atoms with Crippen molar-refractivity contribution in [1.29, 1.82) is 0 Å². The number of hydrogen-bond donors (Lipinski definition) is 6. The zero-order chi connectivity index (χ0) is 21.2. The lowest BCUT2D eigenvalue weighted by molar-refractivity contribution is -0.330. The second kappa shape index (κ2) is 9.41. The lowest BCUT2D eigenvalue weighted by Crippen LogP contribution is -2.67. The van der Waals surface area contributed by atoms with Crippen LogP contribution in [0.25, 0.3) is 0 Å². The van der Waals surface area contributed by atoms with E-state index >= 15 is 0 Å². The topological polar surface area (TPSA) is 190 Å². The van der Waals surface area contributed by atoms with Crippen molar-refractivity contribution in [3.63, 3.8) is 0 Å². The number of aliphatic hydroxyl groups excluding tert-OH is 3. The Kier molecular flexibility index (Phi) is 7.70. The predicted octanol–water partition coefficient (Wildman–Crippen LogP) is -3.27. The van der Waals surface area contributed by atoms with E-state index in [2.05, 4.69) is 5.32 Å². The smallest absolute Gasteiger partial charge is 0.333 e. The number of methoxy groups -OCH3 is 1. The molecule has 10 unspecified atom stereocenters. The van der Waals surface area contributed by atoms with Crippen LogP contribution in [0.2, 0.25) is 0 Å². The molecule has 0 radical (unpaired) electrons. The minimum atomic E-state index is -1.59. The van der Waals surface area contributed by atoms with E-state index in [4.69, 9.17) is 24.7 Å². The van der Waals surface area contributed by atoms with Crippen LogP contribution in [-0.2, 0) is 28.5 Å². The van der Waals surface area contributed by atoms with E-state index < -0.39 is 73.0 Å². The normalized spacial score (nSPS) is 44.1. The van der Waals surface area contributed by atoms with E-state index in [0.717, 1.165) is 0 Å². The van der Waals surface area contributed by atoms with Gasteiger partial charge in [-0.2, -0.15) is 0 Å². The average Bonchev–Trinajstić information content (AvgIpc) is 2.64. The van der Waals surface area contributed by atoms with E-state index in [-0.39, 0.29) is 6.54 Å². The Hall–Kier alpha value is -1.38. The molecule has 0 aromatic rings. The fourth-order valence-corrected chi connectivity index (χ4v) is 3.41. The number of ether oxygens (including phenoxy) is 4. The first-order valence-corrected chi connectivity index (χ1v) is 8.85. The van der Waals surface area contributed by atoms with Crippen molar-refractivity contribution < 1.29 is 49.0 Å². The first-order chi connectivity index (χ1) is 13.1. The van der Waals surface area contributed by atoms with Gasteiger partial charge in [-0.15, -0.1) is 0 Å². The van der Waals surface area contributed by atoms with Crippen molar-refractivity contribution in [2.75, 3.05) is 13.7 Å². The fourth-order valence-electron chi connectivity index (χ4n) is 3.41. The molecule has 1 amide bonds. The lowest BCUT2D eigenvalue weighted by Gasteiger charge is -2.47. The molecule has 28 heavy (non-hydrogen) atoms. The minimum absolute atomic E-state index is 0.0981. The summed E-state index contributed by atoms with van der Waals surface area (Å²) in [5.41, 5.74) is 5.60. The molecule has 2 aliphatic rings. The molecule has 2 aliphatic heterocycles. The highest BCUT2D eigenvalue weighted by atomic mass is 16.7. The van der Waals surface area contributed by atoms with Crippen molar-refractivity contribution in [3.05, 3.63) is 0 Å². The molecular formula is C16H28N2O10. The van der Waals surface area contributed by atoms with Gasteiger partial charge in [0.1, 0.15) is 30.5 Å². The van der Waals surface area contributed by atoms with E-state index in [1.54, 1.807) is 0 Å². The van der Waals surface area contributed by atoms with E-state index in [1.165, 1.54) is 21.0 Å². The summed E-state index contributed by atoms with van der Waals surface area (Å²) in [5.74, 6) is -2.71. The number of carbonyl (C=O) groups excluding carboxylic acids is 1. The van der Waals surface area contributed by atoms with Gasteiger partial charge < -0.3 is 50.4 Å². The molecule has 162 valence electrons. The van der Waals surface area contributed by atoms with Gasteiger partial charge in [0.05, 0.1) is 6.10 Å². The maximum Gasteiger partial charge on any atom is 0.333 e. The van der Waals surface area contributed by atoms with Gasteiger partial charge in [-0.25, -0.2) is 4.79 Å². The molecule has 0 spiro atoms. The molecular weight excluding hydrogens is 380 g/mol. The summed E-state index contributed by atoms with van der Waals surface area (Å²) in [6.07, 6.45) is -10.6. The Morgan fingerprint density at radius 3 is 2.25 bits per heavy atom. The molecule has 0 aromatic carbocycles. The molecule has 12 nitrogen and oxygen atoms in total. The van der Waals surface area contributed by atoms with E-state index in [1.807, 2.05) is 0 Å². The summed E-state index contributed by atoms with van der Waals surface area (Å²) in [7, 11) is 1.32. The molecule has 0 aliphatic carbocycles. The van der Waals surface area contributed by atoms with Crippen LogP contribution < -0.4 is 11.1 Å². The number of amides is 1. The van der Waals surface area contributed by atoms with Gasteiger partial charge in [0.25, 0.3) is 0 Å². The van der Waals surface area contributed by atoms with Crippen molar-refractivity contribution in [3.8, 4) is 0 Å². The summed E-state index contributed by atoms with van der Waals surface area (Å²) < 4.78 is 21.7. The second-order valence-corrected chi connectivity index (χ2v) is 6.94. The molecule has 2 heterocycles. The quantitative estimate of drug-likeness (QED) is 0.258. The Bertz CT molecular complexity index is 564. The number of nitrogens with two attached hydrogens (primary N) is 1. The van der Waals surface area contributed by atoms with Gasteiger partial charge >= 0.3 is 5.97 Å². The van der Waals surface area contributed by atoms with E-state index in [9.17, 15) is 30.0 Å². The third-order valence-electron chi connectivity index (χ3n) is 4.97. The summed E-state index contributed by atoms with van der Waals surface area (Å²) in [6.45, 7) is 2.56. The van der Waals surface area contributed by atoms with Gasteiger partial charge in [-0.3, -0.25) is 4.79 Å². The Labute approximate surface area is 161 Å². The number of rotatable bonds is 6. The molecule has 10 atom stereocenters. The molecule has 2 saturated heterocycles. The van der Waals surface area contributed by atoms with Gasteiger partial charge in [-0.1, -0.05) is 6.92 Å². The zero-order valence-corrected chi connectivity index (χ0v) is 15.8. The maximum absolute atomic E-state index is 11.6. The summed E-state index contributed by atoms with van der Waals surface area (Å²) >= 11 is 0. The predicted molar refractivity (Wildman–Crippen MR) is 90.7 cm³/mol. The van der Waals surface area contributed by atoms with Crippen molar-refractivity contribution in [1.82, 2.24) is 5.32 Å². The highest BCUT2D eigenvalue weighted by Crippen LogP contribution is 2.31. The number of carbonyl (C=O) groups is 2. The molecule has 0 aromatic heterocycles. The monoisotopic (exact) mass is 408 g/mol. The summed E-state index contributed by atoms with van der Waals surface area (Å²) in [4.78, 5) is 23.0. The van der Waals surface area contributed by atoms with Crippen LogP contribution >= 0.6 is 0 Å². The molecule has 7 N–H and O–H groups in total. The molecule has 2 rings (SSSR count). The molecule has 2 fully saturated rings. The minimum Gasteiger partial charge on any atom is -0.479 e. The molecule has 0 saturated carbocycles. The number of nitrogens with one attached hydrogen (secondary N) is 1. The molecule has 12 heteroatoms. The van der Waals surface area contributed by atoms with Crippen LogP contribution in [0.15, 0.2) is 0 Å². The highest BCUT2D eigenvalue weighted by Gasteiger charge is 2.51. The maximum atomic E-state index is 11.6. The Balaban J connectivity index is 2.29. The van der Waals surface area contributed by atoms with Crippen molar-refractivity contribution in [2.24, 2.45) is 11.7 Å². The van der Waals surface area contributed by atoms with Crippen molar-refractivity contribution in [2.45, 2.75) is 69.1 Å². The van der Waals surface area contributed by atoms with E-state index in [0.29, 0.717) is 0 Å². The summed E-state index contributed by atoms with van der Waals surface area (Å²) in [5, 5.41) is 42.9. The largest absolute Gasteiger partial charge is 0.479 e. The first kappa shape index (κ1) is 22.9. The van der Waals surface area contributed by atoms with Gasteiger partial charge in [-0.05, 0) is 0 Å². The average molecular weight is 408 g/mol. The number of carboxylic acids is 1. The van der Waals surface area contributed by atoms with Crippen LogP contribution in [0, 0.1) is 5.92 Å². The lowest BCUT2D eigenvalue weighted by atomic mass is 9.90. The van der Waals surface area contributed by atoms with Crippen LogP contribution in [0.4, 0.5) is 0 Å².